The van der Waals surface area contributed by atoms with E-state index in [-0.39, 0.29) is 56.8 Å². The quantitative estimate of drug-likeness (QED) is 0.392. The minimum Gasteiger partial charge on any atom is -0.480 e. The lowest BCUT2D eigenvalue weighted by Crippen LogP contribution is -2.67. The normalized spacial score (nSPS) is 14.4. The van der Waals surface area contributed by atoms with Crippen LogP contribution in [-0.4, -0.2) is 90.7 Å². The molecule has 2 N–H and O–H groups in total. The monoisotopic (exact) mass is 548 g/mol. The standard InChI is InChI=1S/C27H34F2N4O6/c1-17(2)19-7-5-6-8-20(19)27(25(37)31-21-10-9-18(3)30-24(21)39-26(28)29)15-33(16-27)22(34)13-32(11-12-38-4)14-23(35)36/h5-10,17,26H,11-16H2,1-4H3,(H,31,37)(H,35,36). The summed E-state index contributed by atoms with van der Waals surface area (Å²) in [5.41, 5.74) is 0.888. The molecule has 1 aromatic heterocycles. The molecule has 0 atom stereocenters. The maximum absolute atomic E-state index is 13.9. The number of rotatable bonds is 13. The number of hydrogen-bond acceptors (Lipinski definition) is 7. The van der Waals surface area contributed by atoms with Gasteiger partial charge in [0.25, 0.3) is 0 Å². The molecular formula is C27H34F2N4O6. The number of carbonyl (C=O) groups is 3. The van der Waals surface area contributed by atoms with Crippen LogP contribution in [0.25, 0.3) is 0 Å². The van der Waals surface area contributed by atoms with Gasteiger partial charge in [0.05, 0.1) is 19.7 Å². The van der Waals surface area contributed by atoms with Gasteiger partial charge in [-0.25, -0.2) is 4.98 Å². The van der Waals surface area contributed by atoms with Gasteiger partial charge < -0.3 is 24.8 Å². The molecule has 10 nitrogen and oxygen atoms in total. The highest BCUT2D eigenvalue weighted by molar-refractivity contribution is 6.02. The number of anilines is 1. The lowest BCUT2D eigenvalue weighted by molar-refractivity contribution is -0.146. The van der Waals surface area contributed by atoms with Gasteiger partial charge in [0.2, 0.25) is 17.7 Å². The zero-order chi connectivity index (χ0) is 28.7. The summed E-state index contributed by atoms with van der Waals surface area (Å²) < 4.78 is 35.6. The molecule has 39 heavy (non-hydrogen) atoms. The van der Waals surface area contributed by atoms with E-state index < -0.39 is 29.8 Å². The number of amides is 2. The number of likely N-dealkylation sites (tertiary alicyclic amines) is 1. The van der Waals surface area contributed by atoms with Crippen LogP contribution in [-0.2, 0) is 24.5 Å². The number of carboxylic acid groups (broad SMARTS) is 1. The Morgan fingerprint density at radius 1 is 1.15 bits per heavy atom. The topological polar surface area (TPSA) is 121 Å². The van der Waals surface area contributed by atoms with Crippen LogP contribution in [0.3, 0.4) is 0 Å². The first-order valence-electron chi connectivity index (χ1n) is 12.5. The fourth-order valence-corrected chi connectivity index (χ4v) is 4.62. The number of nitrogens with zero attached hydrogens (tertiary/aromatic N) is 3. The lowest BCUT2D eigenvalue weighted by atomic mass is 9.69. The SMILES string of the molecule is COCCN(CC(=O)O)CC(=O)N1CC(C(=O)Nc2ccc(C)nc2OC(F)F)(c2ccccc2C(C)C)C1. The van der Waals surface area contributed by atoms with Crippen LogP contribution in [0, 0.1) is 6.92 Å². The molecule has 3 rings (SSSR count). The van der Waals surface area contributed by atoms with E-state index in [9.17, 15) is 28.3 Å². The number of halogens is 2. The van der Waals surface area contributed by atoms with Crippen molar-refractivity contribution in [3.05, 3.63) is 53.2 Å². The number of pyridine rings is 1. The van der Waals surface area contributed by atoms with Crippen molar-refractivity contribution in [2.75, 3.05) is 51.8 Å². The minimum absolute atomic E-state index is 0.00993. The largest absolute Gasteiger partial charge is 0.480 e. The van der Waals surface area contributed by atoms with Crippen molar-refractivity contribution in [1.29, 1.82) is 0 Å². The first kappa shape index (κ1) is 29.9. The van der Waals surface area contributed by atoms with Crippen molar-refractivity contribution in [2.24, 2.45) is 0 Å². The Hall–Kier alpha value is -3.64. The third kappa shape index (κ3) is 7.27. The van der Waals surface area contributed by atoms with Gasteiger partial charge in [0.1, 0.15) is 11.1 Å². The van der Waals surface area contributed by atoms with Crippen LogP contribution < -0.4 is 10.1 Å². The summed E-state index contributed by atoms with van der Waals surface area (Å²) in [7, 11) is 1.48. The number of benzene rings is 1. The highest BCUT2D eigenvalue weighted by atomic mass is 19.3. The highest BCUT2D eigenvalue weighted by Gasteiger charge is 2.53. The summed E-state index contributed by atoms with van der Waals surface area (Å²) >= 11 is 0. The van der Waals surface area contributed by atoms with E-state index in [4.69, 9.17) is 4.74 Å². The van der Waals surface area contributed by atoms with E-state index in [1.165, 1.54) is 23.0 Å². The second-order valence-electron chi connectivity index (χ2n) is 9.81. The molecule has 1 aromatic carbocycles. The number of aromatic nitrogens is 1. The number of alkyl halides is 2. The van der Waals surface area contributed by atoms with Crippen LogP contribution in [0.2, 0.25) is 0 Å². The van der Waals surface area contributed by atoms with Crippen molar-refractivity contribution < 1.29 is 37.7 Å². The number of carboxylic acids is 1. The molecule has 212 valence electrons. The predicted molar refractivity (Wildman–Crippen MR) is 139 cm³/mol. The molecule has 0 aliphatic carbocycles. The van der Waals surface area contributed by atoms with E-state index in [1.807, 2.05) is 32.0 Å². The number of aryl methyl sites for hydroxylation is 1. The van der Waals surface area contributed by atoms with Crippen molar-refractivity contribution in [3.8, 4) is 5.88 Å². The number of methoxy groups -OCH3 is 1. The van der Waals surface area contributed by atoms with Gasteiger partial charge in [-0.15, -0.1) is 0 Å². The molecule has 0 saturated carbocycles. The Bertz CT molecular complexity index is 1190. The molecule has 2 aromatic rings. The van der Waals surface area contributed by atoms with Crippen LogP contribution in [0.5, 0.6) is 5.88 Å². The van der Waals surface area contributed by atoms with Gasteiger partial charge in [-0.05, 0) is 36.1 Å². The molecule has 2 amide bonds. The van der Waals surface area contributed by atoms with Gasteiger partial charge in [-0.3, -0.25) is 19.3 Å². The van der Waals surface area contributed by atoms with Gasteiger partial charge >= 0.3 is 12.6 Å². The van der Waals surface area contributed by atoms with Crippen LogP contribution in [0.1, 0.15) is 36.6 Å². The molecule has 12 heteroatoms. The summed E-state index contributed by atoms with van der Waals surface area (Å²) in [6.07, 6.45) is 0. The number of hydrogen-bond donors (Lipinski definition) is 2. The van der Waals surface area contributed by atoms with E-state index >= 15 is 0 Å². The molecule has 0 radical (unpaired) electrons. The minimum atomic E-state index is -3.13. The Morgan fingerprint density at radius 3 is 2.46 bits per heavy atom. The molecule has 1 fully saturated rings. The molecule has 0 spiro atoms. The average molecular weight is 549 g/mol. The number of ether oxygens (including phenoxy) is 2. The third-order valence-electron chi connectivity index (χ3n) is 6.59. The number of aliphatic carboxylic acids is 1. The molecular weight excluding hydrogens is 514 g/mol. The van der Waals surface area contributed by atoms with Crippen LogP contribution >= 0.6 is 0 Å². The highest BCUT2D eigenvalue weighted by Crippen LogP contribution is 2.40. The molecule has 1 aliphatic rings. The van der Waals surface area contributed by atoms with Gasteiger partial charge in [0, 0.05) is 32.4 Å². The summed E-state index contributed by atoms with van der Waals surface area (Å²) in [6, 6.07) is 10.4. The summed E-state index contributed by atoms with van der Waals surface area (Å²) in [5.74, 6) is -2.24. The number of carbonyl (C=O) groups excluding carboxylic acids is 2. The fraction of sp³-hybridized carbons (Fsp3) is 0.481. The predicted octanol–water partition coefficient (Wildman–Crippen LogP) is 2.87. The zero-order valence-corrected chi connectivity index (χ0v) is 22.4. The van der Waals surface area contributed by atoms with Crippen molar-refractivity contribution >= 4 is 23.5 Å². The van der Waals surface area contributed by atoms with Crippen molar-refractivity contribution in [2.45, 2.75) is 38.7 Å². The van der Waals surface area contributed by atoms with Crippen molar-refractivity contribution in [1.82, 2.24) is 14.8 Å². The zero-order valence-electron chi connectivity index (χ0n) is 22.4. The van der Waals surface area contributed by atoms with Crippen LogP contribution in [0.4, 0.5) is 14.5 Å². The van der Waals surface area contributed by atoms with Gasteiger partial charge in [-0.2, -0.15) is 8.78 Å². The van der Waals surface area contributed by atoms with E-state index in [1.54, 1.807) is 19.1 Å². The smallest absolute Gasteiger partial charge is 0.388 e. The lowest BCUT2D eigenvalue weighted by Gasteiger charge is -2.50. The third-order valence-corrected chi connectivity index (χ3v) is 6.59. The second kappa shape index (κ2) is 12.9. The molecule has 0 bridgehead atoms. The molecule has 2 heterocycles. The van der Waals surface area contributed by atoms with E-state index in [0.29, 0.717) is 5.69 Å². The first-order valence-corrected chi connectivity index (χ1v) is 12.5. The maximum atomic E-state index is 13.9. The Morgan fingerprint density at radius 2 is 1.85 bits per heavy atom. The Kier molecular flexibility index (Phi) is 9.92. The average Bonchev–Trinajstić information content (AvgIpc) is 2.83. The van der Waals surface area contributed by atoms with Crippen LogP contribution in [0.15, 0.2) is 36.4 Å². The van der Waals surface area contributed by atoms with Crippen molar-refractivity contribution in [3.63, 3.8) is 0 Å². The summed E-state index contributed by atoms with van der Waals surface area (Å²) in [5, 5.41) is 11.9. The Balaban J connectivity index is 1.90. The fourth-order valence-electron chi connectivity index (χ4n) is 4.62. The van der Waals surface area contributed by atoms with E-state index in [2.05, 4.69) is 15.0 Å². The molecule has 1 saturated heterocycles. The summed E-state index contributed by atoms with van der Waals surface area (Å²) in [6.45, 7) is 2.52. The maximum Gasteiger partial charge on any atom is 0.388 e. The second-order valence-corrected chi connectivity index (χ2v) is 9.81. The first-order chi connectivity index (χ1) is 18.5. The Labute approximate surface area is 225 Å². The molecule has 0 unspecified atom stereocenters. The number of nitrogens with one attached hydrogen (secondary N) is 1. The van der Waals surface area contributed by atoms with Gasteiger partial charge in [0.15, 0.2) is 0 Å². The van der Waals surface area contributed by atoms with E-state index in [0.717, 1.165) is 11.1 Å². The summed E-state index contributed by atoms with van der Waals surface area (Å²) in [4.78, 5) is 45.2. The molecule has 1 aliphatic heterocycles. The van der Waals surface area contributed by atoms with Gasteiger partial charge in [-0.1, -0.05) is 38.1 Å².